The zero-order valence-corrected chi connectivity index (χ0v) is 14.8. The first kappa shape index (κ1) is 16.0. The Balaban J connectivity index is 1.69. The molecule has 0 radical (unpaired) electrons. The summed E-state index contributed by atoms with van der Waals surface area (Å²) in [5.41, 5.74) is 2.45. The van der Waals surface area contributed by atoms with Gasteiger partial charge in [0.15, 0.2) is 5.78 Å². The number of carbonyl (C=O) groups excluding carboxylic acids is 3. The molecule has 5 heteroatoms. The normalized spacial score (nSPS) is 28.2. The molecule has 0 aliphatic carbocycles. The third-order valence-corrected chi connectivity index (χ3v) is 5.96. The number of para-hydroxylation sites is 1. The van der Waals surface area contributed by atoms with Crippen molar-refractivity contribution in [1.82, 2.24) is 4.90 Å². The standard InChI is InChI=1S/C22H18N2O3/c1-23-21(26)17-16-12-11-13-7-5-6-10-15(13)24(16)19(18(17)22(23)27)20(25)14-8-3-2-4-9-14/h2-12,16-19H,1H3/t16-,17-,18-,19+/m1/s1. The first-order valence-corrected chi connectivity index (χ1v) is 9.06. The number of anilines is 1. The minimum absolute atomic E-state index is 0.116. The Hall–Kier alpha value is -3.21. The van der Waals surface area contributed by atoms with Crippen molar-refractivity contribution in [3.05, 3.63) is 71.8 Å². The molecule has 3 heterocycles. The lowest BCUT2D eigenvalue weighted by atomic mass is 9.86. The number of hydrogen-bond acceptors (Lipinski definition) is 4. The topological polar surface area (TPSA) is 57.7 Å². The quantitative estimate of drug-likeness (QED) is 0.611. The highest BCUT2D eigenvalue weighted by Gasteiger charge is 2.63. The molecule has 4 atom stereocenters. The van der Waals surface area contributed by atoms with Gasteiger partial charge in [-0.2, -0.15) is 0 Å². The number of rotatable bonds is 2. The molecule has 134 valence electrons. The first-order valence-electron chi connectivity index (χ1n) is 9.06. The van der Waals surface area contributed by atoms with Crippen LogP contribution in [0, 0.1) is 11.8 Å². The van der Waals surface area contributed by atoms with Crippen LogP contribution in [-0.4, -0.2) is 41.6 Å². The highest BCUT2D eigenvalue weighted by atomic mass is 16.2. The molecular weight excluding hydrogens is 340 g/mol. The molecular formula is C22H18N2O3. The molecule has 0 unspecified atom stereocenters. The number of amides is 2. The fourth-order valence-corrected chi connectivity index (χ4v) is 4.74. The van der Waals surface area contributed by atoms with E-state index < -0.39 is 17.9 Å². The Morgan fingerprint density at radius 3 is 2.33 bits per heavy atom. The number of hydrogen-bond donors (Lipinski definition) is 0. The summed E-state index contributed by atoms with van der Waals surface area (Å²) >= 11 is 0. The van der Waals surface area contributed by atoms with E-state index >= 15 is 0 Å². The van der Waals surface area contributed by atoms with Crippen molar-refractivity contribution in [3.63, 3.8) is 0 Å². The summed E-state index contributed by atoms with van der Waals surface area (Å²) in [6, 6.07) is 15.8. The third-order valence-electron chi connectivity index (χ3n) is 5.96. The highest BCUT2D eigenvalue weighted by Crippen LogP contribution is 2.48. The molecule has 2 aromatic rings. The summed E-state index contributed by atoms with van der Waals surface area (Å²) in [4.78, 5) is 42.3. The van der Waals surface area contributed by atoms with Gasteiger partial charge >= 0.3 is 0 Å². The lowest BCUT2D eigenvalue weighted by molar-refractivity contribution is -0.138. The Kier molecular flexibility index (Phi) is 3.34. The summed E-state index contributed by atoms with van der Waals surface area (Å²) in [6.07, 6.45) is 3.95. The van der Waals surface area contributed by atoms with Gasteiger partial charge in [0, 0.05) is 18.3 Å². The maximum Gasteiger partial charge on any atom is 0.235 e. The fraction of sp³-hybridized carbons (Fsp3) is 0.227. The Morgan fingerprint density at radius 1 is 0.889 bits per heavy atom. The number of fused-ring (bicyclic) bond motifs is 5. The van der Waals surface area contributed by atoms with E-state index in [-0.39, 0.29) is 23.6 Å². The summed E-state index contributed by atoms with van der Waals surface area (Å²) in [6.45, 7) is 0. The number of likely N-dealkylation sites (tertiary alicyclic amines) is 1. The summed E-state index contributed by atoms with van der Waals surface area (Å²) in [5, 5.41) is 0. The minimum Gasteiger partial charge on any atom is -0.352 e. The maximum absolute atomic E-state index is 13.5. The van der Waals surface area contributed by atoms with Gasteiger partial charge in [-0.25, -0.2) is 0 Å². The molecule has 27 heavy (non-hydrogen) atoms. The average Bonchev–Trinajstić information content (AvgIpc) is 3.17. The van der Waals surface area contributed by atoms with Gasteiger partial charge in [0.25, 0.3) is 0 Å². The van der Waals surface area contributed by atoms with Gasteiger partial charge in [0.2, 0.25) is 11.8 Å². The van der Waals surface area contributed by atoms with Crippen LogP contribution in [0.5, 0.6) is 0 Å². The molecule has 2 saturated heterocycles. The van der Waals surface area contributed by atoms with Crippen LogP contribution in [0.1, 0.15) is 15.9 Å². The van der Waals surface area contributed by atoms with Gasteiger partial charge in [-0.15, -0.1) is 0 Å². The lowest BCUT2D eigenvalue weighted by Crippen LogP contribution is -2.48. The predicted octanol–water partition coefficient (Wildman–Crippen LogP) is 2.38. The maximum atomic E-state index is 13.5. The van der Waals surface area contributed by atoms with Gasteiger partial charge in [-0.05, 0) is 11.6 Å². The molecule has 2 fully saturated rings. The largest absolute Gasteiger partial charge is 0.352 e. The molecule has 0 saturated carbocycles. The van der Waals surface area contributed by atoms with E-state index in [0.29, 0.717) is 5.56 Å². The monoisotopic (exact) mass is 358 g/mol. The molecule has 0 N–H and O–H groups in total. The molecule has 0 aromatic heterocycles. The van der Waals surface area contributed by atoms with E-state index in [1.54, 1.807) is 12.1 Å². The SMILES string of the molecule is CN1C(=O)[C@@H]2[C@H](C1=O)[C@H]1C=Cc3ccccc3N1[C@@H]2C(=O)c1ccccc1. The molecule has 5 nitrogen and oxygen atoms in total. The van der Waals surface area contributed by atoms with Gasteiger partial charge in [0.05, 0.1) is 17.9 Å². The first-order chi connectivity index (χ1) is 13.1. The summed E-state index contributed by atoms with van der Waals surface area (Å²) in [5.74, 6) is -1.76. The highest BCUT2D eigenvalue weighted by molar-refractivity contribution is 6.13. The van der Waals surface area contributed by atoms with Crippen LogP contribution in [0.2, 0.25) is 0 Å². The molecule has 5 rings (SSSR count). The molecule has 2 amide bonds. The van der Waals surface area contributed by atoms with Crippen LogP contribution in [0.4, 0.5) is 5.69 Å². The molecule has 0 bridgehead atoms. The van der Waals surface area contributed by atoms with Crippen LogP contribution >= 0.6 is 0 Å². The molecule has 3 aliphatic heterocycles. The number of Topliss-reactive ketones (excluding diaryl/α,β-unsaturated/α-hetero) is 1. The zero-order chi connectivity index (χ0) is 18.7. The van der Waals surface area contributed by atoms with Crippen molar-refractivity contribution >= 4 is 29.4 Å². The Morgan fingerprint density at radius 2 is 1.56 bits per heavy atom. The van der Waals surface area contributed by atoms with E-state index in [2.05, 4.69) is 0 Å². The second kappa shape index (κ2) is 5.64. The fourth-order valence-electron chi connectivity index (χ4n) is 4.74. The van der Waals surface area contributed by atoms with Crippen molar-refractivity contribution in [2.45, 2.75) is 12.1 Å². The lowest BCUT2D eigenvalue weighted by Gasteiger charge is -2.36. The van der Waals surface area contributed by atoms with E-state index in [1.165, 1.54) is 11.9 Å². The second-order valence-corrected chi connectivity index (χ2v) is 7.28. The van der Waals surface area contributed by atoms with Gasteiger partial charge in [-0.3, -0.25) is 19.3 Å². The van der Waals surface area contributed by atoms with Gasteiger partial charge in [-0.1, -0.05) is 60.7 Å². The number of carbonyl (C=O) groups is 3. The van der Waals surface area contributed by atoms with Crippen LogP contribution < -0.4 is 4.90 Å². The second-order valence-electron chi connectivity index (χ2n) is 7.28. The summed E-state index contributed by atoms with van der Waals surface area (Å²) in [7, 11) is 1.51. The van der Waals surface area contributed by atoms with Crippen LogP contribution in [0.25, 0.3) is 6.08 Å². The number of imide groups is 1. The number of benzene rings is 2. The van der Waals surface area contributed by atoms with Crippen molar-refractivity contribution < 1.29 is 14.4 Å². The van der Waals surface area contributed by atoms with Crippen LogP contribution in [-0.2, 0) is 9.59 Å². The number of nitrogens with zero attached hydrogens (tertiary/aromatic N) is 2. The van der Waals surface area contributed by atoms with Gasteiger partial charge < -0.3 is 4.90 Å². The molecule has 2 aromatic carbocycles. The van der Waals surface area contributed by atoms with Crippen LogP contribution in [0.15, 0.2) is 60.7 Å². The summed E-state index contributed by atoms with van der Waals surface area (Å²) < 4.78 is 0. The van der Waals surface area contributed by atoms with E-state index in [4.69, 9.17) is 0 Å². The van der Waals surface area contributed by atoms with Crippen molar-refractivity contribution in [1.29, 1.82) is 0 Å². The van der Waals surface area contributed by atoms with Crippen molar-refractivity contribution in [3.8, 4) is 0 Å². The minimum atomic E-state index is -0.685. The van der Waals surface area contributed by atoms with Crippen LogP contribution in [0.3, 0.4) is 0 Å². The number of ketones is 1. The Labute approximate surface area is 156 Å². The average molecular weight is 358 g/mol. The van der Waals surface area contributed by atoms with E-state index in [1.807, 2.05) is 59.5 Å². The third kappa shape index (κ3) is 2.08. The molecule has 3 aliphatic rings. The van der Waals surface area contributed by atoms with Gasteiger partial charge in [0.1, 0.15) is 6.04 Å². The molecule has 0 spiro atoms. The van der Waals surface area contributed by atoms with Crippen molar-refractivity contribution in [2.24, 2.45) is 11.8 Å². The van der Waals surface area contributed by atoms with E-state index in [0.717, 1.165) is 11.3 Å². The predicted molar refractivity (Wildman–Crippen MR) is 101 cm³/mol. The van der Waals surface area contributed by atoms with Crippen molar-refractivity contribution in [2.75, 3.05) is 11.9 Å². The van der Waals surface area contributed by atoms with E-state index in [9.17, 15) is 14.4 Å². The Bertz CT molecular complexity index is 998. The smallest absolute Gasteiger partial charge is 0.235 e. The zero-order valence-electron chi connectivity index (χ0n) is 14.8.